The highest BCUT2D eigenvalue weighted by atomic mass is 16.5. The third-order valence-electron chi connectivity index (χ3n) is 3.31. The van der Waals surface area contributed by atoms with Gasteiger partial charge in [0.1, 0.15) is 24.2 Å². The van der Waals surface area contributed by atoms with Crippen LogP contribution in [0.4, 0.5) is 0 Å². The molecule has 4 nitrogen and oxygen atoms in total. The van der Waals surface area contributed by atoms with E-state index in [0.717, 1.165) is 30.2 Å². The van der Waals surface area contributed by atoms with Crippen LogP contribution in [0.2, 0.25) is 0 Å². The Balaban J connectivity index is 1.53. The fourth-order valence-corrected chi connectivity index (χ4v) is 2.32. The van der Waals surface area contributed by atoms with Gasteiger partial charge in [-0.05, 0) is 30.8 Å². The van der Waals surface area contributed by atoms with Crippen molar-refractivity contribution < 1.29 is 9.47 Å². The highest BCUT2D eigenvalue weighted by Gasteiger charge is 2.22. The second-order valence-corrected chi connectivity index (χ2v) is 4.88. The highest BCUT2D eigenvalue weighted by Crippen LogP contribution is 2.28. The fraction of sp³-hybridized carbons (Fsp3) is 0.312. The minimum atomic E-state index is 0.0874. The van der Waals surface area contributed by atoms with E-state index in [0.29, 0.717) is 6.61 Å². The molecule has 1 atom stereocenters. The molecule has 1 aromatic carbocycles. The lowest BCUT2D eigenvalue weighted by atomic mass is 10.1. The monoisotopic (exact) mass is 270 g/mol. The first-order chi connectivity index (χ1) is 9.85. The molecule has 2 heterocycles. The quantitative estimate of drug-likeness (QED) is 0.904. The Hall–Kier alpha value is -2.07. The van der Waals surface area contributed by atoms with Crippen LogP contribution in [0.1, 0.15) is 11.3 Å². The van der Waals surface area contributed by atoms with Gasteiger partial charge in [-0.1, -0.05) is 18.2 Å². The van der Waals surface area contributed by atoms with E-state index in [9.17, 15) is 0 Å². The van der Waals surface area contributed by atoms with Crippen LogP contribution in [-0.4, -0.2) is 24.7 Å². The number of fused-ring (bicyclic) bond motifs is 1. The van der Waals surface area contributed by atoms with Crippen LogP contribution in [0, 0.1) is 0 Å². The van der Waals surface area contributed by atoms with Gasteiger partial charge in [-0.25, -0.2) is 0 Å². The lowest BCUT2D eigenvalue weighted by Crippen LogP contribution is -2.22. The molecule has 1 aliphatic rings. The lowest BCUT2D eigenvalue weighted by Gasteiger charge is -2.12. The number of ether oxygens (including phenoxy) is 2. The lowest BCUT2D eigenvalue weighted by molar-refractivity contribution is 0.148. The summed E-state index contributed by atoms with van der Waals surface area (Å²) in [5, 5.41) is 3.07. The number of rotatable bonds is 5. The van der Waals surface area contributed by atoms with E-state index in [2.05, 4.69) is 16.4 Å². The summed E-state index contributed by atoms with van der Waals surface area (Å²) in [5.74, 6) is 1.76. The van der Waals surface area contributed by atoms with Crippen molar-refractivity contribution in [3.63, 3.8) is 0 Å². The third-order valence-corrected chi connectivity index (χ3v) is 3.31. The van der Waals surface area contributed by atoms with Crippen molar-refractivity contribution in [1.29, 1.82) is 0 Å². The Morgan fingerprint density at radius 2 is 2.20 bits per heavy atom. The van der Waals surface area contributed by atoms with E-state index in [4.69, 9.17) is 9.47 Å². The predicted molar refractivity (Wildman–Crippen MR) is 77.1 cm³/mol. The number of hydrogen-bond donors (Lipinski definition) is 1. The number of benzene rings is 1. The topological polar surface area (TPSA) is 43.4 Å². The molecular weight excluding hydrogens is 252 g/mol. The van der Waals surface area contributed by atoms with Gasteiger partial charge in [-0.3, -0.25) is 4.98 Å². The zero-order valence-electron chi connectivity index (χ0n) is 11.5. The van der Waals surface area contributed by atoms with E-state index < -0.39 is 0 Å². The number of nitrogens with zero attached hydrogens (tertiary/aromatic N) is 1. The molecule has 0 saturated carbocycles. The van der Waals surface area contributed by atoms with Crippen molar-refractivity contribution in [2.75, 3.05) is 13.7 Å². The Bertz CT molecular complexity index is 544. The molecule has 0 fully saturated rings. The van der Waals surface area contributed by atoms with Crippen LogP contribution in [0.15, 0.2) is 42.6 Å². The molecule has 0 spiro atoms. The van der Waals surface area contributed by atoms with E-state index in [1.165, 1.54) is 5.56 Å². The van der Waals surface area contributed by atoms with E-state index in [-0.39, 0.29) is 6.10 Å². The van der Waals surface area contributed by atoms with Crippen molar-refractivity contribution in [2.45, 2.75) is 19.1 Å². The molecule has 1 N–H and O–H groups in total. The van der Waals surface area contributed by atoms with Gasteiger partial charge in [0.2, 0.25) is 0 Å². The molecular formula is C16H18N2O2. The first-order valence-corrected chi connectivity index (χ1v) is 6.82. The summed E-state index contributed by atoms with van der Waals surface area (Å²) in [6, 6.07) is 12.0. The Labute approximate surface area is 118 Å². The number of hydrogen-bond acceptors (Lipinski definition) is 4. The van der Waals surface area contributed by atoms with Gasteiger partial charge in [0, 0.05) is 13.0 Å². The predicted octanol–water partition coefficient (Wildman–Crippen LogP) is 2.18. The normalized spacial score (nSPS) is 16.6. The fourth-order valence-electron chi connectivity index (χ4n) is 2.32. The maximum Gasteiger partial charge on any atom is 0.137 e. The van der Waals surface area contributed by atoms with Gasteiger partial charge < -0.3 is 14.8 Å². The number of nitrogens with one attached hydrogen (secondary N) is 1. The average Bonchev–Trinajstić information content (AvgIpc) is 2.90. The molecule has 0 bridgehead atoms. The van der Waals surface area contributed by atoms with Gasteiger partial charge in [0.05, 0.1) is 11.9 Å². The molecule has 104 valence electrons. The van der Waals surface area contributed by atoms with Crippen LogP contribution < -0.4 is 14.8 Å². The highest BCUT2D eigenvalue weighted by molar-refractivity contribution is 5.37. The van der Waals surface area contributed by atoms with E-state index >= 15 is 0 Å². The second kappa shape index (κ2) is 5.92. The van der Waals surface area contributed by atoms with Crippen LogP contribution in [-0.2, 0) is 13.0 Å². The summed E-state index contributed by atoms with van der Waals surface area (Å²) in [4.78, 5) is 4.32. The van der Waals surface area contributed by atoms with Crippen LogP contribution >= 0.6 is 0 Å². The Kier molecular flexibility index (Phi) is 3.83. The molecule has 2 aromatic rings. The van der Waals surface area contributed by atoms with Gasteiger partial charge in [0.15, 0.2) is 0 Å². The maximum atomic E-state index is 5.84. The second-order valence-electron chi connectivity index (χ2n) is 4.88. The summed E-state index contributed by atoms with van der Waals surface area (Å²) in [6.45, 7) is 1.31. The molecule has 0 aliphatic carbocycles. The van der Waals surface area contributed by atoms with Crippen LogP contribution in [0.3, 0.4) is 0 Å². The van der Waals surface area contributed by atoms with Gasteiger partial charge in [0.25, 0.3) is 0 Å². The van der Waals surface area contributed by atoms with Crippen molar-refractivity contribution in [2.24, 2.45) is 0 Å². The number of aromatic nitrogens is 1. The van der Waals surface area contributed by atoms with E-state index in [1.807, 2.05) is 37.4 Å². The first kappa shape index (κ1) is 12.9. The Morgan fingerprint density at radius 1 is 1.30 bits per heavy atom. The minimum absolute atomic E-state index is 0.0874. The maximum absolute atomic E-state index is 5.84. The standard InChI is InChI=1S/C16H18N2O2/c1-17-9-13-6-7-14(10-18-13)19-11-15-8-12-4-2-3-5-16(12)20-15/h2-7,10,15,17H,8-9,11H2,1H3. The average molecular weight is 270 g/mol. The van der Waals surface area contributed by atoms with Crippen molar-refractivity contribution >= 4 is 0 Å². The van der Waals surface area contributed by atoms with Crippen LogP contribution in [0.25, 0.3) is 0 Å². The number of para-hydroxylation sites is 1. The van der Waals surface area contributed by atoms with Gasteiger partial charge in [-0.15, -0.1) is 0 Å². The number of pyridine rings is 1. The molecule has 20 heavy (non-hydrogen) atoms. The third kappa shape index (κ3) is 2.91. The smallest absolute Gasteiger partial charge is 0.137 e. The van der Waals surface area contributed by atoms with Gasteiger partial charge >= 0.3 is 0 Å². The Morgan fingerprint density at radius 3 is 2.95 bits per heavy atom. The molecule has 1 aliphatic heterocycles. The van der Waals surface area contributed by atoms with Crippen LogP contribution in [0.5, 0.6) is 11.5 Å². The van der Waals surface area contributed by atoms with Crippen molar-refractivity contribution in [1.82, 2.24) is 10.3 Å². The summed E-state index contributed by atoms with van der Waals surface area (Å²) in [7, 11) is 1.90. The molecule has 1 unspecified atom stereocenters. The molecule has 0 radical (unpaired) electrons. The SMILES string of the molecule is CNCc1ccc(OCC2Cc3ccccc3O2)cn1. The molecule has 1 aromatic heterocycles. The van der Waals surface area contributed by atoms with Crippen molar-refractivity contribution in [3.05, 3.63) is 53.9 Å². The summed E-state index contributed by atoms with van der Waals surface area (Å²) in [5.41, 5.74) is 2.26. The molecule has 4 heteroatoms. The van der Waals surface area contributed by atoms with E-state index in [1.54, 1.807) is 6.20 Å². The van der Waals surface area contributed by atoms with Gasteiger partial charge in [-0.2, -0.15) is 0 Å². The summed E-state index contributed by atoms with van der Waals surface area (Å²) < 4.78 is 11.6. The minimum Gasteiger partial charge on any atom is -0.488 e. The summed E-state index contributed by atoms with van der Waals surface area (Å²) >= 11 is 0. The summed E-state index contributed by atoms with van der Waals surface area (Å²) in [6.07, 6.45) is 2.75. The zero-order valence-corrected chi connectivity index (χ0v) is 11.5. The largest absolute Gasteiger partial charge is 0.488 e. The van der Waals surface area contributed by atoms with Crippen molar-refractivity contribution in [3.8, 4) is 11.5 Å². The molecule has 3 rings (SSSR count). The first-order valence-electron chi connectivity index (χ1n) is 6.82. The molecule has 0 saturated heterocycles. The molecule has 0 amide bonds. The zero-order chi connectivity index (χ0) is 13.8.